The fourth-order valence-electron chi connectivity index (χ4n) is 4.39. The van der Waals surface area contributed by atoms with Gasteiger partial charge in [-0.3, -0.25) is 14.6 Å². The van der Waals surface area contributed by atoms with Gasteiger partial charge in [0, 0.05) is 12.1 Å². The van der Waals surface area contributed by atoms with E-state index in [1.807, 2.05) is 0 Å². The quantitative estimate of drug-likeness (QED) is 0.234. The van der Waals surface area contributed by atoms with Crippen LogP contribution in [0.1, 0.15) is 30.5 Å². The van der Waals surface area contributed by atoms with E-state index in [9.17, 15) is 31.5 Å². The highest BCUT2D eigenvalue weighted by atomic mass is 19.4. The third-order valence-electron chi connectivity index (χ3n) is 6.40. The minimum Gasteiger partial charge on any atom is -0.469 e. The number of hydrogen-bond acceptors (Lipinski definition) is 6. The number of halogens is 5. The van der Waals surface area contributed by atoms with Crippen molar-refractivity contribution in [3.05, 3.63) is 89.5 Å². The van der Waals surface area contributed by atoms with Crippen molar-refractivity contribution in [2.45, 2.75) is 25.7 Å². The zero-order chi connectivity index (χ0) is 29.0. The predicted molar refractivity (Wildman–Crippen MR) is 134 cm³/mol. The van der Waals surface area contributed by atoms with Crippen molar-refractivity contribution in [3.8, 4) is 16.9 Å². The van der Waals surface area contributed by atoms with E-state index in [1.54, 1.807) is 24.3 Å². The van der Waals surface area contributed by atoms with E-state index in [0.717, 1.165) is 12.1 Å². The van der Waals surface area contributed by atoms with E-state index in [0.29, 0.717) is 16.7 Å². The molecule has 0 aliphatic carbocycles. The number of esters is 2. The van der Waals surface area contributed by atoms with Gasteiger partial charge in [0.1, 0.15) is 24.0 Å². The van der Waals surface area contributed by atoms with Crippen LogP contribution in [0.25, 0.3) is 11.1 Å². The molecule has 0 aromatic heterocycles. The van der Waals surface area contributed by atoms with Crippen molar-refractivity contribution in [2.24, 2.45) is 16.8 Å². The number of benzene rings is 3. The molecule has 11 heteroatoms. The summed E-state index contributed by atoms with van der Waals surface area (Å²) in [6, 6.07) is 14.6. The number of rotatable bonds is 8. The van der Waals surface area contributed by atoms with Gasteiger partial charge in [-0.2, -0.15) is 0 Å². The zero-order valence-corrected chi connectivity index (χ0v) is 21.4. The molecule has 0 amide bonds. The fourth-order valence-corrected chi connectivity index (χ4v) is 4.39. The molecule has 0 radical (unpaired) electrons. The van der Waals surface area contributed by atoms with Crippen molar-refractivity contribution in [2.75, 3.05) is 13.7 Å². The molecular weight excluding hydrogens is 537 g/mol. The number of alkyl halides is 3. The Hall–Kier alpha value is -4.28. The lowest BCUT2D eigenvalue weighted by molar-refractivity contribution is -0.274. The second kappa shape index (κ2) is 11.8. The largest absolute Gasteiger partial charge is 0.573 e. The average Bonchev–Trinajstić information content (AvgIpc) is 3.35. The van der Waals surface area contributed by atoms with Crippen molar-refractivity contribution >= 4 is 17.7 Å². The van der Waals surface area contributed by atoms with Gasteiger partial charge < -0.3 is 14.2 Å². The van der Waals surface area contributed by atoms with Gasteiger partial charge in [0.2, 0.25) is 0 Å². The van der Waals surface area contributed by atoms with Gasteiger partial charge in [0.15, 0.2) is 0 Å². The van der Waals surface area contributed by atoms with E-state index < -0.39 is 47.8 Å². The van der Waals surface area contributed by atoms with Gasteiger partial charge in [-0.25, -0.2) is 8.78 Å². The number of nitrogens with zero attached hydrogens (tertiary/aromatic N) is 1. The van der Waals surface area contributed by atoms with Crippen LogP contribution in [0.4, 0.5) is 22.0 Å². The molecule has 3 atom stereocenters. The molecule has 0 fully saturated rings. The summed E-state index contributed by atoms with van der Waals surface area (Å²) < 4.78 is 80.3. The monoisotopic (exact) mass is 561 g/mol. The third-order valence-corrected chi connectivity index (χ3v) is 6.40. The molecular formula is C29H24F5NO5. The number of carbonyl (C=O) groups is 2. The summed E-state index contributed by atoms with van der Waals surface area (Å²) >= 11 is 0. The van der Waals surface area contributed by atoms with Gasteiger partial charge in [-0.05, 0) is 47.9 Å². The lowest BCUT2D eigenvalue weighted by Crippen LogP contribution is -2.26. The minimum absolute atomic E-state index is 0.0629. The van der Waals surface area contributed by atoms with E-state index in [-0.39, 0.29) is 30.1 Å². The van der Waals surface area contributed by atoms with Crippen molar-refractivity contribution < 1.29 is 45.8 Å². The van der Waals surface area contributed by atoms with Crippen LogP contribution in [0.15, 0.2) is 71.7 Å². The second-order valence-electron chi connectivity index (χ2n) is 9.18. The Morgan fingerprint density at radius 1 is 0.950 bits per heavy atom. The Morgan fingerprint density at radius 3 is 2.08 bits per heavy atom. The number of ether oxygens (including phenoxy) is 3. The van der Waals surface area contributed by atoms with E-state index in [1.165, 1.54) is 44.4 Å². The molecule has 1 unspecified atom stereocenters. The van der Waals surface area contributed by atoms with Crippen LogP contribution in [-0.4, -0.2) is 37.7 Å². The number of methoxy groups -OCH3 is 1. The number of aliphatic imine (C=N–C) groups is 1. The van der Waals surface area contributed by atoms with Crippen LogP contribution in [0.5, 0.6) is 5.75 Å². The van der Waals surface area contributed by atoms with Gasteiger partial charge in [-0.1, -0.05) is 42.5 Å². The highest BCUT2D eigenvalue weighted by Crippen LogP contribution is 2.39. The van der Waals surface area contributed by atoms with Crippen LogP contribution in [0, 0.1) is 23.5 Å². The molecule has 0 N–H and O–H groups in total. The SMILES string of the molecule is COC(=O)[C@H](C)COC(=O)[C@H]1CC(c2c(F)cccc2F)=NC1c1ccc(-c2ccc(OC(F)(F)F)cc2)cc1. The first-order valence-electron chi connectivity index (χ1n) is 12.2. The standard InChI is InChI=1S/C29H24F5NO5/c1-16(27(36)38-2)15-39-28(37)21-14-24(25-22(30)4-3-5-23(25)31)35-26(21)19-8-6-17(7-9-19)18-10-12-20(13-11-18)40-29(32,33)34/h3-13,16,21,26H,14-15H2,1-2H3/t16-,21+,26?/m1/s1. The Bertz CT molecular complexity index is 1380. The van der Waals surface area contributed by atoms with Crippen molar-refractivity contribution in [1.82, 2.24) is 0 Å². The maximum Gasteiger partial charge on any atom is 0.573 e. The molecule has 1 heterocycles. The number of carbonyl (C=O) groups excluding carboxylic acids is 2. The summed E-state index contributed by atoms with van der Waals surface area (Å²) in [5.41, 5.74) is 1.56. The zero-order valence-electron chi connectivity index (χ0n) is 21.4. The molecule has 1 aliphatic rings. The molecule has 0 bridgehead atoms. The lowest BCUT2D eigenvalue weighted by Gasteiger charge is -2.19. The maximum atomic E-state index is 14.5. The normalized spacial score (nSPS) is 17.6. The highest BCUT2D eigenvalue weighted by Gasteiger charge is 2.39. The minimum atomic E-state index is -4.80. The molecule has 0 spiro atoms. The topological polar surface area (TPSA) is 74.2 Å². The summed E-state index contributed by atoms with van der Waals surface area (Å²) in [7, 11) is 1.21. The summed E-state index contributed by atoms with van der Waals surface area (Å²) in [6.45, 7) is 1.29. The Balaban J connectivity index is 1.60. The van der Waals surface area contributed by atoms with E-state index in [4.69, 9.17) is 4.74 Å². The Morgan fingerprint density at radius 2 is 1.52 bits per heavy atom. The van der Waals surface area contributed by atoms with Crippen LogP contribution >= 0.6 is 0 Å². The van der Waals surface area contributed by atoms with Gasteiger partial charge in [-0.15, -0.1) is 13.2 Å². The van der Waals surface area contributed by atoms with Crippen LogP contribution in [-0.2, 0) is 19.1 Å². The predicted octanol–water partition coefficient (Wildman–Crippen LogP) is 6.43. The Kier molecular flexibility index (Phi) is 8.51. The summed E-state index contributed by atoms with van der Waals surface area (Å²) in [4.78, 5) is 29.3. The van der Waals surface area contributed by atoms with E-state index >= 15 is 0 Å². The van der Waals surface area contributed by atoms with E-state index in [2.05, 4.69) is 14.5 Å². The summed E-state index contributed by atoms with van der Waals surface area (Å²) in [5.74, 6) is -4.90. The average molecular weight is 562 g/mol. The van der Waals surface area contributed by atoms with Crippen LogP contribution < -0.4 is 4.74 Å². The smallest absolute Gasteiger partial charge is 0.469 e. The summed E-state index contributed by atoms with van der Waals surface area (Å²) in [5, 5.41) is 0. The lowest BCUT2D eigenvalue weighted by atomic mass is 9.90. The van der Waals surface area contributed by atoms with Crippen molar-refractivity contribution in [3.63, 3.8) is 0 Å². The molecule has 0 saturated heterocycles. The first-order chi connectivity index (χ1) is 19.0. The maximum absolute atomic E-state index is 14.5. The summed E-state index contributed by atoms with van der Waals surface area (Å²) in [6.07, 6.45) is -4.90. The third kappa shape index (κ3) is 6.64. The highest BCUT2D eigenvalue weighted by molar-refractivity contribution is 6.04. The van der Waals surface area contributed by atoms with Gasteiger partial charge in [0.25, 0.3) is 0 Å². The van der Waals surface area contributed by atoms with Crippen LogP contribution in [0.3, 0.4) is 0 Å². The number of hydrogen-bond donors (Lipinski definition) is 0. The van der Waals surface area contributed by atoms with Gasteiger partial charge in [0.05, 0.1) is 30.6 Å². The van der Waals surface area contributed by atoms with Crippen LogP contribution in [0.2, 0.25) is 0 Å². The molecule has 3 aromatic carbocycles. The Labute approximate surface area is 226 Å². The fraction of sp³-hybridized carbons (Fsp3) is 0.276. The molecule has 210 valence electrons. The van der Waals surface area contributed by atoms with Crippen molar-refractivity contribution in [1.29, 1.82) is 0 Å². The second-order valence-corrected chi connectivity index (χ2v) is 9.18. The molecule has 6 nitrogen and oxygen atoms in total. The van der Waals surface area contributed by atoms with Gasteiger partial charge >= 0.3 is 18.3 Å². The molecule has 4 rings (SSSR count). The first-order valence-corrected chi connectivity index (χ1v) is 12.2. The molecule has 40 heavy (non-hydrogen) atoms. The molecule has 0 saturated carbocycles. The first kappa shape index (κ1) is 28.7. The molecule has 3 aromatic rings. The molecule has 1 aliphatic heterocycles.